The molecule has 2 rings (SSSR count). The summed E-state index contributed by atoms with van der Waals surface area (Å²) in [5.41, 5.74) is 0. The highest BCUT2D eigenvalue weighted by molar-refractivity contribution is 5.85. The fourth-order valence-corrected chi connectivity index (χ4v) is 3.42. The van der Waals surface area contributed by atoms with E-state index in [4.69, 9.17) is 9.47 Å². The lowest BCUT2D eigenvalue weighted by atomic mass is 10.1. The Bertz CT molecular complexity index is 520. The molecule has 0 bridgehead atoms. The number of rotatable bonds is 10. The number of likely N-dealkylation sites (tertiary alicyclic amines) is 2. The maximum absolute atomic E-state index is 12.3. The first-order valence-corrected chi connectivity index (χ1v) is 10.5. The second-order valence-electron chi connectivity index (χ2n) is 7.36. The highest BCUT2D eigenvalue weighted by Gasteiger charge is 2.34. The zero-order valence-corrected chi connectivity index (χ0v) is 16.7. The molecular formula is C21H34N2O4. The number of ether oxygens (including phenoxy) is 2. The van der Waals surface area contributed by atoms with Gasteiger partial charge in [0.2, 0.25) is 0 Å². The van der Waals surface area contributed by atoms with Crippen molar-refractivity contribution < 1.29 is 19.1 Å². The SMILES string of the molecule is CCCCCCCCOC(=O)O[C@H]1CCN(CC#CCN2CCCC2)C1=O. The van der Waals surface area contributed by atoms with Gasteiger partial charge >= 0.3 is 6.16 Å². The largest absolute Gasteiger partial charge is 0.509 e. The number of unbranched alkanes of at least 4 members (excludes halogenated alkanes) is 5. The average molecular weight is 379 g/mol. The van der Waals surface area contributed by atoms with Gasteiger partial charge in [0.05, 0.1) is 19.7 Å². The Morgan fingerprint density at radius 2 is 1.74 bits per heavy atom. The topological polar surface area (TPSA) is 59.1 Å². The van der Waals surface area contributed by atoms with E-state index in [1.165, 1.54) is 38.5 Å². The lowest BCUT2D eigenvalue weighted by Crippen LogP contribution is -2.32. The summed E-state index contributed by atoms with van der Waals surface area (Å²) in [6.07, 6.45) is 8.33. The standard InChI is InChI=1S/C21H34N2O4/c1-2-3-4-5-6-11-18-26-21(25)27-19-12-17-23(20(19)24)16-10-9-15-22-13-7-8-14-22/h19H,2-8,11-18H2,1H3/t19-/m0/s1. The molecule has 6 nitrogen and oxygen atoms in total. The lowest BCUT2D eigenvalue weighted by Gasteiger charge is -2.14. The Labute approximate surface area is 163 Å². The van der Waals surface area contributed by atoms with Crippen molar-refractivity contribution in [1.29, 1.82) is 0 Å². The highest BCUT2D eigenvalue weighted by atomic mass is 16.7. The molecule has 0 saturated carbocycles. The molecule has 0 aromatic rings. The molecule has 27 heavy (non-hydrogen) atoms. The average Bonchev–Trinajstić information content (AvgIpc) is 3.29. The second kappa shape index (κ2) is 12.6. The van der Waals surface area contributed by atoms with Crippen LogP contribution in [0.25, 0.3) is 0 Å². The molecule has 2 fully saturated rings. The maximum Gasteiger partial charge on any atom is 0.509 e. The van der Waals surface area contributed by atoms with E-state index in [2.05, 4.69) is 23.7 Å². The van der Waals surface area contributed by atoms with Gasteiger partial charge in [-0.1, -0.05) is 50.9 Å². The van der Waals surface area contributed by atoms with Crippen LogP contribution >= 0.6 is 0 Å². The van der Waals surface area contributed by atoms with E-state index in [1.807, 2.05) is 0 Å². The van der Waals surface area contributed by atoms with Crippen LogP contribution < -0.4 is 0 Å². The fourth-order valence-electron chi connectivity index (χ4n) is 3.42. The zero-order valence-electron chi connectivity index (χ0n) is 16.7. The minimum atomic E-state index is -0.733. The summed E-state index contributed by atoms with van der Waals surface area (Å²) >= 11 is 0. The van der Waals surface area contributed by atoms with Crippen molar-refractivity contribution in [3.63, 3.8) is 0 Å². The van der Waals surface area contributed by atoms with E-state index in [0.717, 1.165) is 32.5 Å². The van der Waals surface area contributed by atoms with Crippen LogP contribution in [0.3, 0.4) is 0 Å². The number of nitrogens with zero attached hydrogens (tertiary/aromatic N) is 2. The van der Waals surface area contributed by atoms with Crippen LogP contribution in [0.5, 0.6) is 0 Å². The molecule has 0 aromatic heterocycles. The summed E-state index contributed by atoms with van der Waals surface area (Å²) in [5.74, 6) is 6.03. The molecular weight excluding hydrogens is 344 g/mol. The van der Waals surface area contributed by atoms with Crippen LogP contribution in [0.15, 0.2) is 0 Å². The third-order valence-electron chi connectivity index (χ3n) is 5.10. The van der Waals surface area contributed by atoms with Gasteiger partial charge in [0, 0.05) is 13.0 Å². The van der Waals surface area contributed by atoms with E-state index >= 15 is 0 Å². The monoisotopic (exact) mass is 378 g/mol. The first-order chi connectivity index (χ1) is 13.2. The third kappa shape index (κ3) is 8.21. The van der Waals surface area contributed by atoms with Gasteiger partial charge in [-0.25, -0.2) is 4.79 Å². The van der Waals surface area contributed by atoms with Gasteiger partial charge in [-0.2, -0.15) is 0 Å². The fraction of sp³-hybridized carbons (Fsp3) is 0.810. The number of amides is 1. The summed E-state index contributed by atoms with van der Waals surface area (Å²) in [5, 5.41) is 0. The summed E-state index contributed by atoms with van der Waals surface area (Å²) in [7, 11) is 0. The minimum absolute atomic E-state index is 0.165. The van der Waals surface area contributed by atoms with E-state index in [1.54, 1.807) is 4.90 Å². The van der Waals surface area contributed by atoms with Crippen molar-refractivity contribution in [3.8, 4) is 11.8 Å². The number of carbonyl (C=O) groups is 2. The summed E-state index contributed by atoms with van der Waals surface area (Å²) in [6, 6.07) is 0. The molecule has 2 saturated heterocycles. The van der Waals surface area contributed by atoms with Gasteiger partial charge in [0.1, 0.15) is 0 Å². The molecule has 0 spiro atoms. The molecule has 0 unspecified atom stereocenters. The highest BCUT2D eigenvalue weighted by Crippen LogP contribution is 2.15. The van der Waals surface area contributed by atoms with Crippen LogP contribution in [-0.2, 0) is 14.3 Å². The quantitative estimate of drug-likeness (QED) is 0.332. The van der Waals surface area contributed by atoms with E-state index < -0.39 is 12.3 Å². The van der Waals surface area contributed by atoms with Crippen molar-refractivity contribution in [2.24, 2.45) is 0 Å². The molecule has 0 N–H and O–H groups in total. The third-order valence-corrected chi connectivity index (χ3v) is 5.10. The Morgan fingerprint density at radius 1 is 1.04 bits per heavy atom. The second-order valence-corrected chi connectivity index (χ2v) is 7.36. The van der Waals surface area contributed by atoms with E-state index in [0.29, 0.717) is 26.1 Å². The van der Waals surface area contributed by atoms with Crippen LogP contribution in [0.1, 0.15) is 64.7 Å². The van der Waals surface area contributed by atoms with Crippen LogP contribution in [0.2, 0.25) is 0 Å². The van der Waals surface area contributed by atoms with Crippen molar-refractivity contribution in [1.82, 2.24) is 9.80 Å². The molecule has 0 radical (unpaired) electrons. The Kier molecular flexibility index (Phi) is 10.1. The summed E-state index contributed by atoms with van der Waals surface area (Å²) in [6.45, 7) is 6.53. The zero-order chi connectivity index (χ0) is 19.3. The Morgan fingerprint density at radius 3 is 2.52 bits per heavy atom. The van der Waals surface area contributed by atoms with Crippen LogP contribution in [0.4, 0.5) is 4.79 Å². The van der Waals surface area contributed by atoms with Crippen LogP contribution in [-0.4, -0.2) is 67.3 Å². The molecule has 1 atom stereocenters. The minimum Gasteiger partial charge on any atom is -0.434 e. The van der Waals surface area contributed by atoms with Gasteiger partial charge in [0.25, 0.3) is 5.91 Å². The number of hydrogen-bond acceptors (Lipinski definition) is 5. The molecule has 2 heterocycles. The molecule has 152 valence electrons. The van der Waals surface area contributed by atoms with E-state index in [-0.39, 0.29) is 5.91 Å². The molecule has 6 heteroatoms. The molecule has 1 amide bonds. The Balaban J connectivity index is 1.56. The molecule has 2 aliphatic rings. The van der Waals surface area contributed by atoms with Gasteiger partial charge in [-0.15, -0.1) is 0 Å². The first kappa shape index (κ1) is 21.6. The van der Waals surface area contributed by atoms with E-state index in [9.17, 15) is 9.59 Å². The Hall–Kier alpha value is -1.74. The van der Waals surface area contributed by atoms with Crippen molar-refractivity contribution in [2.75, 3.05) is 39.3 Å². The summed E-state index contributed by atoms with van der Waals surface area (Å²) < 4.78 is 10.3. The van der Waals surface area contributed by atoms with Crippen LogP contribution in [0, 0.1) is 11.8 Å². The predicted octanol–water partition coefficient (Wildman–Crippen LogP) is 3.20. The predicted molar refractivity (Wildman–Crippen MR) is 104 cm³/mol. The normalized spacial score (nSPS) is 19.8. The van der Waals surface area contributed by atoms with Crippen molar-refractivity contribution >= 4 is 12.1 Å². The van der Waals surface area contributed by atoms with Gasteiger partial charge in [-0.3, -0.25) is 9.69 Å². The van der Waals surface area contributed by atoms with Crippen molar-refractivity contribution in [3.05, 3.63) is 0 Å². The van der Waals surface area contributed by atoms with Gasteiger partial charge < -0.3 is 14.4 Å². The van der Waals surface area contributed by atoms with Gasteiger partial charge in [0.15, 0.2) is 6.10 Å². The molecule has 2 aliphatic heterocycles. The lowest BCUT2D eigenvalue weighted by molar-refractivity contribution is -0.135. The summed E-state index contributed by atoms with van der Waals surface area (Å²) in [4.78, 5) is 28.0. The smallest absolute Gasteiger partial charge is 0.434 e. The molecule has 0 aliphatic carbocycles. The van der Waals surface area contributed by atoms with Gasteiger partial charge in [-0.05, 0) is 32.4 Å². The maximum atomic E-state index is 12.3. The number of carbonyl (C=O) groups excluding carboxylic acids is 2. The first-order valence-electron chi connectivity index (χ1n) is 10.5. The molecule has 0 aromatic carbocycles. The number of hydrogen-bond donors (Lipinski definition) is 0. The van der Waals surface area contributed by atoms with Crippen molar-refractivity contribution in [2.45, 2.75) is 70.8 Å².